The number of benzene rings is 2. The first-order chi connectivity index (χ1) is 9.95. The van der Waals surface area contributed by atoms with E-state index in [2.05, 4.69) is 10.6 Å². The van der Waals surface area contributed by atoms with Crippen LogP contribution < -0.4 is 10.6 Å². The fraction of sp³-hybridized carbons (Fsp3) is 0.133. The fourth-order valence-corrected chi connectivity index (χ4v) is 1.70. The van der Waals surface area contributed by atoms with Gasteiger partial charge in [0, 0.05) is 11.8 Å². The van der Waals surface area contributed by atoms with Crippen LogP contribution in [0.1, 0.15) is 6.92 Å². The molecule has 0 saturated carbocycles. The van der Waals surface area contributed by atoms with Crippen molar-refractivity contribution in [3.63, 3.8) is 0 Å². The van der Waals surface area contributed by atoms with Crippen LogP contribution in [0.25, 0.3) is 0 Å². The predicted molar refractivity (Wildman–Crippen MR) is 74.5 cm³/mol. The number of amides is 1. The lowest BCUT2D eigenvalue weighted by atomic mass is 10.2. The molecule has 2 rings (SSSR count). The van der Waals surface area contributed by atoms with Crippen LogP contribution in [0, 0.1) is 17.5 Å². The van der Waals surface area contributed by atoms with Crippen molar-refractivity contribution in [2.75, 3.05) is 10.6 Å². The molecule has 3 nitrogen and oxygen atoms in total. The van der Waals surface area contributed by atoms with E-state index in [1.54, 1.807) is 6.92 Å². The Labute approximate surface area is 119 Å². The van der Waals surface area contributed by atoms with E-state index in [-0.39, 0.29) is 11.5 Å². The minimum atomic E-state index is -0.723. The lowest BCUT2D eigenvalue weighted by molar-refractivity contribution is -0.116. The summed E-state index contributed by atoms with van der Waals surface area (Å²) < 4.78 is 39.2. The van der Waals surface area contributed by atoms with Crippen molar-refractivity contribution in [3.05, 3.63) is 59.9 Å². The van der Waals surface area contributed by atoms with Gasteiger partial charge in [-0.25, -0.2) is 13.2 Å². The summed E-state index contributed by atoms with van der Waals surface area (Å²) in [5.74, 6) is -2.30. The molecule has 110 valence electrons. The van der Waals surface area contributed by atoms with Gasteiger partial charge in [-0.2, -0.15) is 0 Å². The Kier molecular flexibility index (Phi) is 4.47. The number of hydrogen-bond donors (Lipinski definition) is 2. The maximum atomic E-state index is 13.4. The molecule has 0 aliphatic heterocycles. The van der Waals surface area contributed by atoms with E-state index in [4.69, 9.17) is 0 Å². The van der Waals surface area contributed by atoms with E-state index >= 15 is 0 Å². The first-order valence-electron chi connectivity index (χ1n) is 6.24. The Balaban J connectivity index is 2.02. The van der Waals surface area contributed by atoms with Gasteiger partial charge in [0.25, 0.3) is 0 Å². The maximum Gasteiger partial charge on any atom is 0.246 e. The summed E-state index contributed by atoms with van der Waals surface area (Å²) in [6.45, 7) is 1.55. The van der Waals surface area contributed by atoms with Gasteiger partial charge in [-0.1, -0.05) is 0 Å². The standard InChI is InChI=1S/C15H13F3N2O/c1-9(19-12-5-2-10(16)3-6-12)15(21)20-14-8-11(17)4-7-13(14)18/h2-9,19H,1H3,(H,20,21). The van der Waals surface area contributed by atoms with Gasteiger partial charge < -0.3 is 10.6 Å². The molecule has 2 N–H and O–H groups in total. The van der Waals surface area contributed by atoms with Crippen LogP contribution >= 0.6 is 0 Å². The van der Waals surface area contributed by atoms with Gasteiger partial charge in [-0.05, 0) is 43.3 Å². The molecule has 0 aliphatic carbocycles. The normalized spacial score (nSPS) is 11.8. The Morgan fingerprint density at radius 2 is 1.62 bits per heavy atom. The van der Waals surface area contributed by atoms with Gasteiger partial charge in [0.05, 0.1) is 5.69 Å². The summed E-state index contributed by atoms with van der Waals surface area (Å²) in [5.41, 5.74) is 0.312. The molecular formula is C15H13F3N2O. The van der Waals surface area contributed by atoms with E-state index in [1.807, 2.05) is 0 Å². The molecule has 2 aromatic carbocycles. The summed E-state index contributed by atoms with van der Waals surface area (Å²) in [6.07, 6.45) is 0. The molecule has 0 aromatic heterocycles. The van der Waals surface area contributed by atoms with Crippen molar-refractivity contribution in [1.82, 2.24) is 0 Å². The molecule has 2 aromatic rings. The second-order valence-electron chi connectivity index (χ2n) is 4.49. The molecule has 0 radical (unpaired) electrons. The summed E-state index contributed by atoms with van der Waals surface area (Å²) in [7, 11) is 0. The Hall–Kier alpha value is -2.50. The van der Waals surface area contributed by atoms with E-state index in [0.29, 0.717) is 5.69 Å². The highest BCUT2D eigenvalue weighted by Crippen LogP contribution is 2.16. The van der Waals surface area contributed by atoms with Crippen LogP contribution in [-0.4, -0.2) is 11.9 Å². The molecule has 1 amide bonds. The van der Waals surface area contributed by atoms with Gasteiger partial charge in [0.15, 0.2) is 0 Å². The van der Waals surface area contributed by atoms with Crippen LogP contribution in [-0.2, 0) is 4.79 Å². The molecule has 6 heteroatoms. The minimum absolute atomic E-state index is 0.229. The quantitative estimate of drug-likeness (QED) is 0.905. The monoisotopic (exact) mass is 294 g/mol. The summed E-state index contributed by atoms with van der Waals surface area (Å²) in [5, 5.41) is 5.12. The predicted octanol–water partition coefficient (Wildman–Crippen LogP) is 3.54. The van der Waals surface area contributed by atoms with Gasteiger partial charge >= 0.3 is 0 Å². The number of rotatable bonds is 4. The number of carbonyl (C=O) groups excluding carboxylic acids is 1. The summed E-state index contributed by atoms with van der Waals surface area (Å²) in [4.78, 5) is 11.9. The smallest absolute Gasteiger partial charge is 0.246 e. The summed E-state index contributed by atoms with van der Waals surface area (Å²) >= 11 is 0. The molecule has 0 spiro atoms. The van der Waals surface area contributed by atoms with Crippen molar-refractivity contribution in [1.29, 1.82) is 0 Å². The number of anilines is 2. The number of nitrogens with one attached hydrogen (secondary N) is 2. The first kappa shape index (κ1) is 14.9. The van der Waals surface area contributed by atoms with E-state index in [0.717, 1.165) is 18.2 Å². The fourth-order valence-electron chi connectivity index (χ4n) is 1.70. The van der Waals surface area contributed by atoms with Crippen LogP contribution in [0.5, 0.6) is 0 Å². The lowest BCUT2D eigenvalue weighted by Crippen LogP contribution is -2.32. The van der Waals surface area contributed by atoms with E-state index < -0.39 is 23.6 Å². The highest BCUT2D eigenvalue weighted by Gasteiger charge is 2.15. The molecule has 1 atom stereocenters. The van der Waals surface area contributed by atoms with Crippen molar-refractivity contribution >= 4 is 17.3 Å². The van der Waals surface area contributed by atoms with Crippen molar-refractivity contribution in [2.24, 2.45) is 0 Å². The van der Waals surface area contributed by atoms with E-state index in [1.165, 1.54) is 24.3 Å². The molecule has 0 aliphatic rings. The van der Waals surface area contributed by atoms with Crippen LogP contribution in [0.3, 0.4) is 0 Å². The SMILES string of the molecule is CC(Nc1ccc(F)cc1)C(=O)Nc1cc(F)ccc1F. The Morgan fingerprint density at radius 1 is 1.00 bits per heavy atom. The second-order valence-corrected chi connectivity index (χ2v) is 4.49. The minimum Gasteiger partial charge on any atom is -0.374 e. The van der Waals surface area contributed by atoms with Crippen LogP contribution in [0.15, 0.2) is 42.5 Å². The molecule has 0 saturated heterocycles. The number of carbonyl (C=O) groups is 1. The van der Waals surface area contributed by atoms with Crippen LogP contribution in [0.2, 0.25) is 0 Å². The highest BCUT2D eigenvalue weighted by atomic mass is 19.1. The van der Waals surface area contributed by atoms with Gasteiger partial charge in [-0.3, -0.25) is 4.79 Å². The third-order valence-corrected chi connectivity index (χ3v) is 2.81. The maximum absolute atomic E-state index is 13.4. The van der Waals surface area contributed by atoms with Gasteiger partial charge in [0.1, 0.15) is 23.5 Å². The zero-order chi connectivity index (χ0) is 15.4. The van der Waals surface area contributed by atoms with Gasteiger partial charge in [-0.15, -0.1) is 0 Å². The molecule has 0 heterocycles. The lowest BCUT2D eigenvalue weighted by Gasteiger charge is -2.15. The molecule has 21 heavy (non-hydrogen) atoms. The average Bonchev–Trinajstić information content (AvgIpc) is 2.45. The van der Waals surface area contributed by atoms with Crippen molar-refractivity contribution in [2.45, 2.75) is 13.0 Å². The Bertz CT molecular complexity index is 644. The zero-order valence-corrected chi connectivity index (χ0v) is 11.2. The molecule has 0 fully saturated rings. The van der Waals surface area contributed by atoms with Crippen molar-refractivity contribution in [3.8, 4) is 0 Å². The average molecular weight is 294 g/mol. The molecule has 0 bridgehead atoms. The van der Waals surface area contributed by atoms with E-state index in [9.17, 15) is 18.0 Å². The van der Waals surface area contributed by atoms with Crippen LogP contribution in [0.4, 0.5) is 24.5 Å². The number of halogens is 3. The Morgan fingerprint density at radius 3 is 2.29 bits per heavy atom. The third-order valence-electron chi connectivity index (χ3n) is 2.81. The number of hydrogen-bond acceptors (Lipinski definition) is 2. The second kappa shape index (κ2) is 6.30. The third kappa shape index (κ3) is 3.98. The highest BCUT2D eigenvalue weighted by molar-refractivity contribution is 5.96. The summed E-state index contributed by atoms with van der Waals surface area (Å²) in [6, 6.07) is 7.53. The topological polar surface area (TPSA) is 41.1 Å². The largest absolute Gasteiger partial charge is 0.374 e. The first-order valence-corrected chi connectivity index (χ1v) is 6.24. The van der Waals surface area contributed by atoms with Gasteiger partial charge in [0.2, 0.25) is 5.91 Å². The van der Waals surface area contributed by atoms with Crippen molar-refractivity contribution < 1.29 is 18.0 Å². The zero-order valence-electron chi connectivity index (χ0n) is 11.2. The molecular weight excluding hydrogens is 281 g/mol. The molecule has 1 unspecified atom stereocenters.